The molecule has 3 aromatic carbocycles. The Labute approximate surface area is 245 Å². The quantitative estimate of drug-likeness (QED) is 0.268. The fourth-order valence-corrected chi connectivity index (χ4v) is 6.26. The Morgan fingerprint density at radius 2 is 1.93 bits per heavy atom. The van der Waals surface area contributed by atoms with Crippen molar-refractivity contribution in [2.75, 3.05) is 19.8 Å². The first-order valence-electron chi connectivity index (χ1n) is 14.0. The molecule has 0 amide bonds. The number of hydrogen-bond donors (Lipinski definition) is 2. The molecule has 1 fully saturated rings. The van der Waals surface area contributed by atoms with E-state index in [-0.39, 0.29) is 30.1 Å². The molecule has 0 bridgehead atoms. The second-order valence-electron chi connectivity index (χ2n) is 10.9. The Hall–Kier alpha value is -3.83. The first-order valence-corrected chi connectivity index (χ1v) is 14.4. The number of carbonyl (C=O) groups is 1. The van der Waals surface area contributed by atoms with Gasteiger partial charge in [0.2, 0.25) is 0 Å². The highest BCUT2D eigenvalue weighted by molar-refractivity contribution is 6.30. The van der Waals surface area contributed by atoms with Gasteiger partial charge in [-0.25, -0.2) is 19.2 Å². The van der Waals surface area contributed by atoms with Gasteiger partial charge in [0.05, 0.1) is 59.5 Å². The van der Waals surface area contributed by atoms with Crippen molar-refractivity contribution >= 4 is 39.6 Å². The van der Waals surface area contributed by atoms with Crippen molar-refractivity contribution in [2.24, 2.45) is 0 Å². The maximum Gasteiger partial charge on any atom is 0.335 e. The molecule has 4 heterocycles. The number of para-hydroxylation sites is 1. The molecule has 2 aliphatic rings. The number of nitrogens with zero attached hydrogens (tertiary/aromatic N) is 5. The van der Waals surface area contributed by atoms with Crippen LogP contribution < -0.4 is 0 Å². The Morgan fingerprint density at radius 1 is 1.07 bits per heavy atom. The van der Waals surface area contributed by atoms with Crippen LogP contribution >= 0.6 is 11.6 Å². The zero-order valence-corrected chi connectivity index (χ0v) is 23.5. The van der Waals surface area contributed by atoms with E-state index in [1.54, 1.807) is 30.3 Å². The van der Waals surface area contributed by atoms with Crippen LogP contribution in [0.3, 0.4) is 0 Å². The number of benzene rings is 3. The lowest BCUT2D eigenvalue weighted by Crippen LogP contribution is -2.40. The van der Waals surface area contributed by atoms with Crippen molar-refractivity contribution in [1.29, 1.82) is 0 Å². The molecule has 9 nitrogen and oxygen atoms in total. The van der Waals surface area contributed by atoms with Gasteiger partial charge in [0.25, 0.3) is 0 Å². The molecular weight excluding hydrogens is 561 g/mol. The predicted molar refractivity (Wildman–Crippen MR) is 155 cm³/mol. The van der Waals surface area contributed by atoms with E-state index in [2.05, 4.69) is 14.0 Å². The van der Waals surface area contributed by atoms with Crippen LogP contribution in [0.25, 0.3) is 22.1 Å². The third-order valence-electron chi connectivity index (χ3n) is 8.41. The zero-order chi connectivity index (χ0) is 29.0. The van der Waals surface area contributed by atoms with E-state index >= 15 is 0 Å². The molecule has 0 spiro atoms. The maximum atomic E-state index is 14.6. The minimum Gasteiger partial charge on any atom is -0.478 e. The van der Waals surface area contributed by atoms with Crippen LogP contribution in [0.15, 0.2) is 54.6 Å². The van der Waals surface area contributed by atoms with Crippen molar-refractivity contribution in [3.05, 3.63) is 93.8 Å². The molecule has 42 heavy (non-hydrogen) atoms. The number of carboxylic acid groups (broad SMARTS) is 1. The monoisotopic (exact) mass is 589 g/mol. The van der Waals surface area contributed by atoms with E-state index in [1.807, 2.05) is 18.2 Å². The van der Waals surface area contributed by atoms with Crippen LogP contribution in [-0.4, -0.2) is 66.0 Å². The van der Waals surface area contributed by atoms with Crippen molar-refractivity contribution in [2.45, 2.75) is 44.6 Å². The van der Waals surface area contributed by atoms with E-state index in [4.69, 9.17) is 26.3 Å². The first-order chi connectivity index (χ1) is 20.4. The van der Waals surface area contributed by atoms with Gasteiger partial charge in [-0.3, -0.25) is 4.90 Å². The fourth-order valence-electron chi connectivity index (χ4n) is 6.10. The maximum absolute atomic E-state index is 14.6. The van der Waals surface area contributed by atoms with Gasteiger partial charge in [0.1, 0.15) is 17.5 Å². The molecule has 11 heteroatoms. The van der Waals surface area contributed by atoms with Gasteiger partial charge >= 0.3 is 5.97 Å². The van der Waals surface area contributed by atoms with Crippen LogP contribution in [0.4, 0.5) is 4.39 Å². The number of aliphatic hydroxyl groups is 1. The second kappa shape index (κ2) is 10.8. The molecule has 5 aromatic rings. The molecule has 1 saturated heterocycles. The van der Waals surface area contributed by atoms with Crippen LogP contribution in [0.2, 0.25) is 5.02 Å². The van der Waals surface area contributed by atoms with Crippen molar-refractivity contribution < 1.29 is 24.1 Å². The Kier molecular flexibility index (Phi) is 6.94. The minimum atomic E-state index is -0.987. The highest BCUT2D eigenvalue weighted by Crippen LogP contribution is 2.33. The van der Waals surface area contributed by atoms with Gasteiger partial charge in [0.15, 0.2) is 0 Å². The highest BCUT2D eigenvalue weighted by atomic mass is 35.5. The second-order valence-corrected chi connectivity index (χ2v) is 11.4. The molecule has 216 valence electrons. The topological polar surface area (TPSA) is 106 Å². The van der Waals surface area contributed by atoms with Gasteiger partial charge in [-0.1, -0.05) is 29.8 Å². The lowest BCUT2D eigenvalue weighted by atomic mass is 10.0. The number of hydrogen-bond acceptors (Lipinski definition) is 6. The van der Waals surface area contributed by atoms with E-state index in [1.165, 1.54) is 6.07 Å². The van der Waals surface area contributed by atoms with E-state index in [9.17, 15) is 19.4 Å². The summed E-state index contributed by atoms with van der Waals surface area (Å²) < 4.78 is 24.5. The van der Waals surface area contributed by atoms with E-state index in [0.29, 0.717) is 49.8 Å². The number of halogens is 2. The number of aromatic carboxylic acids is 1. The Bertz CT molecular complexity index is 1830. The summed E-state index contributed by atoms with van der Waals surface area (Å²) in [4.78, 5) is 23.7. The molecule has 2 N–H and O–H groups in total. The average molecular weight is 590 g/mol. The summed E-state index contributed by atoms with van der Waals surface area (Å²) >= 11 is 5.95. The molecule has 0 radical (unpaired) electrons. The van der Waals surface area contributed by atoms with Crippen LogP contribution in [0.5, 0.6) is 0 Å². The van der Waals surface area contributed by atoms with E-state index < -0.39 is 5.97 Å². The van der Waals surface area contributed by atoms with Crippen LogP contribution in [-0.2, 0) is 30.8 Å². The smallest absolute Gasteiger partial charge is 0.335 e. The summed E-state index contributed by atoms with van der Waals surface area (Å²) in [6.07, 6.45) is 1.36. The van der Waals surface area contributed by atoms with Gasteiger partial charge < -0.3 is 24.1 Å². The SMILES string of the molecule is O=C(O)c1ccc2nc(CN3CCn4c(nc5c(Cc6ccc(Cl)cc6F)cccc54)[C@@H]3CO)n(C[C@@H]3CCO3)c2c1. The number of aromatic nitrogens is 4. The number of aliphatic hydroxyl groups excluding tert-OH is 1. The molecule has 2 atom stereocenters. The number of rotatable bonds is 8. The van der Waals surface area contributed by atoms with Crippen LogP contribution in [0.1, 0.15) is 45.6 Å². The van der Waals surface area contributed by atoms with Crippen molar-refractivity contribution in [3.63, 3.8) is 0 Å². The molecule has 0 unspecified atom stereocenters. The molecule has 2 aliphatic heterocycles. The minimum absolute atomic E-state index is 0.0534. The summed E-state index contributed by atoms with van der Waals surface area (Å²) in [5, 5.41) is 20.5. The lowest BCUT2D eigenvalue weighted by Gasteiger charge is -2.35. The number of ether oxygens (including phenoxy) is 1. The Balaban J connectivity index is 1.23. The van der Waals surface area contributed by atoms with E-state index in [0.717, 1.165) is 45.7 Å². The lowest BCUT2D eigenvalue weighted by molar-refractivity contribution is -0.0593. The third kappa shape index (κ3) is 4.74. The first kappa shape index (κ1) is 27.0. The average Bonchev–Trinajstić information content (AvgIpc) is 3.50. The third-order valence-corrected chi connectivity index (χ3v) is 8.64. The highest BCUT2D eigenvalue weighted by Gasteiger charge is 2.32. The molecular formula is C31H29ClFN5O4. The summed E-state index contributed by atoms with van der Waals surface area (Å²) in [5.74, 6) is 0.193. The zero-order valence-electron chi connectivity index (χ0n) is 22.7. The summed E-state index contributed by atoms with van der Waals surface area (Å²) in [6, 6.07) is 15.2. The number of imidazole rings is 2. The van der Waals surface area contributed by atoms with Crippen molar-refractivity contribution in [1.82, 2.24) is 24.0 Å². The normalized spacial score (nSPS) is 18.8. The fraction of sp³-hybridized carbons (Fsp3) is 0.323. The number of fused-ring (bicyclic) bond motifs is 4. The number of carboxylic acids is 1. The molecule has 0 aliphatic carbocycles. The van der Waals surface area contributed by atoms with Crippen molar-refractivity contribution in [3.8, 4) is 0 Å². The van der Waals surface area contributed by atoms with Crippen LogP contribution in [0, 0.1) is 5.82 Å². The summed E-state index contributed by atoms with van der Waals surface area (Å²) in [6.45, 7) is 2.92. The van der Waals surface area contributed by atoms with Gasteiger partial charge in [0, 0.05) is 31.1 Å². The Morgan fingerprint density at radius 3 is 2.67 bits per heavy atom. The van der Waals surface area contributed by atoms with Gasteiger partial charge in [-0.05, 0) is 53.9 Å². The standard InChI is InChI=1S/C31H29ClFN5O4/c32-21-6-4-18(23(33)14-21)12-19-2-1-3-25-29(19)35-30-27(17-39)36(9-10-37(25)30)16-28-34-24-7-5-20(31(40)41)13-26(24)38(28)15-22-8-11-42-22/h1-7,13-14,22,27,39H,8-12,15-17H2,(H,40,41)/t22-,27-/m0/s1. The molecule has 2 aromatic heterocycles. The van der Waals surface area contributed by atoms with Gasteiger partial charge in [-0.2, -0.15) is 0 Å². The van der Waals surface area contributed by atoms with Gasteiger partial charge in [-0.15, -0.1) is 0 Å². The largest absolute Gasteiger partial charge is 0.478 e. The summed E-state index contributed by atoms with van der Waals surface area (Å²) in [7, 11) is 0. The molecule has 7 rings (SSSR count). The molecule has 0 saturated carbocycles. The predicted octanol–water partition coefficient (Wildman–Crippen LogP) is 4.81. The summed E-state index contributed by atoms with van der Waals surface area (Å²) in [5.41, 5.74) is 4.86.